The number of aliphatic carboxylic acids is 1. The third-order valence-corrected chi connectivity index (χ3v) is 1.86. The number of carbonyl (C=O) groups excluding carboxylic acids is 1. The Morgan fingerprint density at radius 2 is 1.82 bits per heavy atom. The number of aliphatic hydroxyl groups is 1. The third kappa shape index (κ3) is 8.50. The van der Waals surface area contributed by atoms with Crippen LogP contribution in [0.25, 0.3) is 0 Å². The predicted molar refractivity (Wildman–Crippen MR) is 61.7 cm³/mol. The SMILES string of the molecule is C[C@@H](O)CC[C@@H](NC(=O)OC(C)(C)C)C(=O)O. The van der Waals surface area contributed by atoms with E-state index in [0.717, 1.165) is 0 Å². The van der Waals surface area contributed by atoms with Crippen molar-refractivity contribution in [2.45, 2.75) is 58.3 Å². The minimum Gasteiger partial charge on any atom is -0.480 e. The first-order valence-corrected chi connectivity index (χ1v) is 5.52. The van der Waals surface area contributed by atoms with Crippen molar-refractivity contribution >= 4 is 12.1 Å². The highest BCUT2D eigenvalue weighted by Gasteiger charge is 2.23. The highest BCUT2D eigenvalue weighted by molar-refractivity contribution is 5.79. The van der Waals surface area contributed by atoms with E-state index in [1.165, 1.54) is 0 Å². The first-order valence-electron chi connectivity index (χ1n) is 5.52. The molecular formula is C11H21NO5. The number of carbonyl (C=O) groups is 2. The van der Waals surface area contributed by atoms with Crippen LogP contribution in [-0.4, -0.2) is 40.0 Å². The molecule has 0 aromatic carbocycles. The molecule has 3 N–H and O–H groups in total. The molecule has 0 rings (SSSR count). The van der Waals surface area contributed by atoms with E-state index in [1.807, 2.05) is 0 Å². The van der Waals surface area contributed by atoms with Gasteiger partial charge >= 0.3 is 12.1 Å². The quantitative estimate of drug-likeness (QED) is 0.676. The Morgan fingerprint density at radius 3 is 2.18 bits per heavy atom. The van der Waals surface area contributed by atoms with Crippen molar-refractivity contribution in [3.8, 4) is 0 Å². The number of amides is 1. The molecule has 0 saturated heterocycles. The summed E-state index contributed by atoms with van der Waals surface area (Å²) in [7, 11) is 0. The molecule has 0 heterocycles. The molecule has 1 amide bonds. The van der Waals surface area contributed by atoms with E-state index in [1.54, 1.807) is 27.7 Å². The standard InChI is InChI=1S/C11H21NO5/c1-7(13)5-6-8(9(14)15)12-10(16)17-11(2,3)4/h7-8,13H,5-6H2,1-4H3,(H,12,16)(H,14,15)/t7-,8-/m1/s1. The fourth-order valence-corrected chi connectivity index (χ4v) is 1.12. The molecule has 0 aromatic rings. The molecule has 0 aliphatic heterocycles. The van der Waals surface area contributed by atoms with E-state index < -0.39 is 29.8 Å². The van der Waals surface area contributed by atoms with Crippen LogP contribution in [0.2, 0.25) is 0 Å². The van der Waals surface area contributed by atoms with Crippen LogP contribution in [0.3, 0.4) is 0 Å². The van der Waals surface area contributed by atoms with Crippen LogP contribution >= 0.6 is 0 Å². The van der Waals surface area contributed by atoms with E-state index in [4.69, 9.17) is 14.9 Å². The topological polar surface area (TPSA) is 95.9 Å². The molecule has 0 fully saturated rings. The highest BCUT2D eigenvalue weighted by Crippen LogP contribution is 2.08. The average Bonchev–Trinajstić information content (AvgIpc) is 2.08. The maximum atomic E-state index is 11.4. The zero-order chi connectivity index (χ0) is 13.6. The first kappa shape index (κ1) is 15.7. The van der Waals surface area contributed by atoms with Gasteiger partial charge in [-0.15, -0.1) is 0 Å². The van der Waals surface area contributed by atoms with Gasteiger partial charge in [0.2, 0.25) is 0 Å². The molecule has 0 aliphatic carbocycles. The van der Waals surface area contributed by atoms with Crippen molar-refractivity contribution in [2.24, 2.45) is 0 Å². The summed E-state index contributed by atoms with van der Waals surface area (Å²) in [5, 5.41) is 20.2. The van der Waals surface area contributed by atoms with Crippen LogP contribution in [0, 0.1) is 0 Å². The van der Waals surface area contributed by atoms with Crippen LogP contribution in [-0.2, 0) is 9.53 Å². The van der Waals surface area contributed by atoms with Crippen LogP contribution in [0.5, 0.6) is 0 Å². The minimum absolute atomic E-state index is 0.159. The van der Waals surface area contributed by atoms with Crippen molar-refractivity contribution in [3.63, 3.8) is 0 Å². The van der Waals surface area contributed by atoms with Crippen LogP contribution < -0.4 is 5.32 Å². The molecule has 2 atom stereocenters. The van der Waals surface area contributed by atoms with Crippen molar-refractivity contribution < 1.29 is 24.5 Å². The number of carboxylic acid groups (broad SMARTS) is 1. The number of hydrogen-bond acceptors (Lipinski definition) is 4. The normalized spacial score (nSPS) is 14.9. The monoisotopic (exact) mass is 247 g/mol. The van der Waals surface area contributed by atoms with E-state index in [9.17, 15) is 9.59 Å². The van der Waals surface area contributed by atoms with Crippen molar-refractivity contribution in [2.75, 3.05) is 0 Å². The molecule has 0 radical (unpaired) electrons. The fourth-order valence-electron chi connectivity index (χ4n) is 1.12. The molecule has 6 heteroatoms. The van der Waals surface area contributed by atoms with E-state index in [-0.39, 0.29) is 6.42 Å². The number of carboxylic acids is 1. The summed E-state index contributed by atoms with van der Waals surface area (Å²) in [6.07, 6.45) is -0.910. The van der Waals surface area contributed by atoms with Gasteiger partial charge in [0.1, 0.15) is 11.6 Å². The number of hydrogen-bond donors (Lipinski definition) is 3. The lowest BCUT2D eigenvalue weighted by atomic mass is 10.1. The van der Waals surface area contributed by atoms with Gasteiger partial charge in [-0.25, -0.2) is 9.59 Å². The van der Waals surface area contributed by atoms with Crippen molar-refractivity contribution in [1.29, 1.82) is 0 Å². The van der Waals surface area contributed by atoms with Gasteiger partial charge < -0.3 is 20.3 Å². The minimum atomic E-state index is -1.14. The van der Waals surface area contributed by atoms with Crippen LogP contribution in [0.4, 0.5) is 4.79 Å². The largest absolute Gasteiger partial charge is 0.480 e. The number of alkyl carbamates (subject to hydrolysis) is 1. The molecule has 0 saturated carbocycles. The Bertz CT molecular complexity index is 270. The summed E-state index contributed by atoms with van der Waals surface area (Å²) in [5.74, 6) is -1.14. The molecule has 17 heavy (non-hydrogen) atoms. The van der Waals surface area contributed by atoms with Gasteiger partial charge in [-0.3, -0.25) is 0 Å². The van der Waals surface area contributed by atoms with E-state index in [2.05, 4.69) is 5.32 Å². The van der Waals surface area contributed by atoms with Crippen molar-refractivity contribution in [3.05, 3.63) is 0 Å². The second-order valence-corrected chi connectivity index (χ2v) is 4.96. The molecule has 0 unspecified atom stereocenters. The molecule has 0 bridgehead atoms. The first-order chi connectivity index (χ1) is 7.61. The molecule has 0 aromatic heterocycles. The Morgan fingerprint density at radius 1 is 1.29 bits per heavy atom. The van der Waals surface area contributed by atoms with Gasteiger partial charge in [0.05, 0.1) is 6.10 Å². The average molecular weight is 247 g/mol. The van der Waals surface area contributed by atoms with Gasteiger partial charge in [-0.1, -0.05) is 0 Å². The van der Waals surface area contributed by atoms with Crippen LogP contribution in [0.1, 0.15) is 40.5 Å². The number of nitrogens with one attached hydrogen (secondary N) is 1. The lowest BCUT2D eigenvalue weighted by molar-refractivity contribution is -0.139. The highest BCUT2D eigenvalue weighted by atomic mass is 16.6. The summed E-state index contributed by atoms with van der Waals surface area (Å²) in [6, 6.07) is -1.04. The molecule has 100 valence electrons. The lowest BCUT2D eigenvalue weighted by Gasteiger charge is -2.22. The van der Waals surface area contributed by atoms with Gasteiger partial charge in [0.25, 0.3) is 0 Å². The lowest BCUT2D eigenvalue weighted by Crippen LogP contribution is -2.43. The third-order valence-electron chi connectivity index (χ3n) is 1.86. The maximum Gasteiger partial charge on any atom is 0.408 e. The summed E-state index contributed by atoms with van der Waals surface area (Å²) in [6.45, 7) is 6.64. The second-order valence-electron chi connectivity index (χ2n) is 4.96. The molecule has 0 spiro atoms. The van der Waals surface area contributed by atoms with E-state index in [0.29, 0.717) is 6.42 Å². The Balaban J connectivity index is 4.26. The zero-order valence-corrected chi connectivity index (χ0v) is 10.7. The maximum absolute atomic E-state index is 11.4. The summed E-state index contributed by atoms with van der Waals surface area (Å²) >= 11 is 0. The Hall–Kier alpha value is -1.30. The van der Waals surface area contributed by atoms with Crippen LogP contribution in [0.15, 0.2) is 0 Å². The Kier molecular flexibility index (Phi) is 5.95. The van der Waals surface area contributed by atoms with Gasteiger partial charge in [0.15, 0.2) is 0 Å². The number of ether oxygens (including phenoxy) is 1. The molecule has 6 nitrogen and oxygen atoms in total. The summed E-state index contributed by atoms with van der Waals surface area (Å²) in [4.78, 5) is 22.2. The second kappa shape index (κ2) is 6.44. The smallest absolute Gasteiger partial charge is 0.408 e. The zero-order valence-electron chi connectivity index (χ0n) is 10.7. The Labute approximate surface area is 101 Å². The molecule has 0 aliphatic rings. The number of rotatable bonds is 5. The number of aliphatic hydroxyl groups excluding tert-OH is 1. The van der Waals surface area contributed by atoms with E-state index >= 15 is 0 Å². The summed E-state index contributed by atoms with van der Waals surface area (Å²) < 4.78 is 4.95. The predicted octanol–water partition coefficient (Wildman–Crippen LogP) is 1.13. The molecular weight excluding hydrogens is 226 g/mol. The van der Waals surface area contributed by atoms with Crippen molar-refractivity contribution in [1.82, 2.24) is 5.32 Å². The van der Waals surface area contributed by atoms with Gasteiger partial charge in [0, 0.05) is 0 Å². The fraction of sp³-hybridized carbons (Fsp3) is 0.818. The van der Waals surface area contributed by atoms with Gasteiger partial charge in [-0.2, -0.15) is 0 Å². The van der Waals surface area contributed by atoms with Gasteiger partial charge in [-0.05, 0) is 40.5 Å². The summed E-state index contributed by atoms with van der Waals surface area (Å²) in [5.41, 5.74) is -0.669.